The lowest BCUT2D eigenvalue weighted by Gasteiger charge is -2.18. The SMILES string of the molecule is Fc1ccc(C(CCNC2CC2)c2ccc(F)cc2)cc1. The van der Waals surface area contributed by atoms with E-state index in [1.54, 1.807) is 0 Å². The second-order valence-corrected chi connectivity index (χ2v) is 5.67. The van der Waals surface area contributed by atoms with Gasteiger partial charge in [-0.2, -0.15) is 0 Å². The summed E-state index contributed by atoms with van der Waals surface area (Å²) in [7, 11) is 0. The number of hydrogen-bond donors (Lipinski definition) is 1. The van der Waals surface area contributed by atoms with Crippen LogP contribution in [-0.2, 0) is 0 Å². The van der Waals surface area contributed by atoms with Crippen molar-refractivity contribution in [2.75, 3.05) is 6.54 Å². The van der Waals surface area contributed by atoms with E-state index in [-0.39, 0.29) is 17.6 Å². The summed E-state index contributed by atoms with van der Waals surface area (Å²) in [6, 6.07) is 13.9. The predicted octanol–water partition coefficient (Wildman–Crippen LogP) is 4.24. The van der Waals surface area contributed by atoms with Gasteiger partial charge in [0, 0.05) is 12.0 Å². The Labute approximate surface area is 124 Å². The van der Waals surface area contributed by atoms with E-state index in [1.165, 1.54) is 37.1 Å². The average molecular weight is 287 g/mol. The van der Waals surface area contributed by atoms with Gasteiger partial charge in [-0.15, -0.1) is 0 Å². The van der Waals surface area contributed by atoms with Crippen LogP contribution < -0.4 is 5.32 Å². The molecule has 110 valence electrons. The van der Waals surface area contributed by atoms with E-state index >= 15 is 0 Å². The maximum Gasteiger partial charge on any atom is 0.123 e. The van der Waals surface area contributed by atoms with E-state index in [2.05, 4.69) is 5.32 Å². The van der Waals surface area contributed by atoms with Crippen molar-refractivity contribution in [2.24, 2.45) is 0 Å². The molecule has 0 aliphatic heterocycles. The van der Waals surface area contributed by atoms with Gasteiger partial charge in [0.1, 0.15) is 11.6 Å². The van der Waals surface area contributed by atoms with Crippen molar-refractivity contribution in [1.82, 2.24) is 5.32 Å². The fourth-order valence-corrected chi connectivity index (χ4v) is 2.64. The molecule has 0 amide bonds. The summed E-state index contributed by atoms with van der Waals surface area (Å²) in [6.07, 6.45) is 3.45. The van der Waals surface area contributed by atoms with Crippen LogP contribution in [0.5, 0.6) is 0 Å². The Morgan fingerprint density at radius 3 is 1.76 bits per heavy atom. The zero-order valence-electron chi connectivity index (χ0n) is 11.9. The highest BCUT2D eigenvalue weighted by molar-refractivity contribution is 5.32. The summed E-state index contributed by atoms with van der Waals surface area (Å²) in [5.41, 5.74) is 2.14. The van der Waals surface area contributed by atoms with Crippen molar-refractivity contribution in [3.8, 4) is 0 Å². The van der Waals surface area contributed by atoms with Crippen molar-refractivity contribution < 1.29 is 8.78 Å². The molecule has 0 bridgehead atoms. The smallest absolute Gasteiger partial charge is 0.123 e. The molecule has 1 fully saturated rings. The molecular formula is C18H19F2N. The van der Waals surface area contributed by atoms with Gasteiger partial charge in [0.15, 0.2) is 0 Å². The van der Waals surface area contributed by atoms with Gasteiger partial charge in [-0.05, 0) is 61.2 Å². The molecule has 3 heteroatoms. The lowest BCUT2D eigenvalue weighted by molar-refractivity contribution is 0.600. The monoisotopic (exact) mass is 287 g/mol. The molecule has 2 aromatic rings. The van der Waals surface area contributed by atoms with Gasteiger partial charge in [-0.3, -0.25) is 0 Å². The molecule has 0 saturated heterocycles. The van der Waals surface area contributed by atoms with E-state index < -0.39 is 0 Å². The molecule has 1 aliphatic carbocycles. The van der Waals surface area contributed by atoms with E-state index in [4.69, 9.17) is 0 Å². The highest BCUT2D eigenvalue weighted by Gasteiger charge is 2.21. The minimum Gasteiger partial charge on any atom is -0.314 e. The molecule has 2 aromatic carbocycles. The predicted molar refractivity (Wildman–Crippen MR) is 80.3 cm³/mol. The molecule has 21 heavy (non-hydrogen) atoms. The number of benzene rings is 2. The lowest BCUT2D eigenvalue weighted by Crippen LogP contribution is -2.20. The number of halogens is 2. The molecule has 0 spiro atoms. The maximum atomic E-state index is 13.1. The third-order valence-electron chi connectivity index (χ3n) is 3.99. The average Bonchev–Trinajstić information content (AvgIpc) is 3.30. The van der Waals surface area contributed by atoms with Gasteiger partial charge >= 0.3 is 0 Å². The normalized spacial score (nSPS) is 14.6. The van der Waals surface area contributed by atoms with Gasteiger partial charge in [-0.1, -0.05) is 24.3 Å². The Balaban J connectivity index is 1.78. The standard InChI is InChI=1S/C18H19F2N/c19-15-5-1-13(2-6-15)18(11-12-21-17-9-10-17)14-3-7-16(20)8-4-14/h1-8,17-18,21H,9-12H2. The summed E-state index contributed by atoms with van der Waals surface area (Å²) >= 11 is 0. The molecule has 1 nitrogen and oxygen atoms in total. The Hall–Kier alpha value is -1.74. The second-order valence-electron chi connectivity index (χ2n) is 5.67. The van der Waals surface area contributed by atoms with Gasteiger partial charge < -0.3 is 5.32 Å². The lowest BCUT2D eigenvalue weighted by atomic mass is 9.88. The maximum absolute atomic E-state index is 13.1. The summed E-state index contributed by atoms with van der Waals surface area (Å²) < 4.78 is 26.2. The molecule has 0 atom stereocenters. The Kier molecular flexibility index (Phi) is 4.30. The van der Waals surface area contributed by atoms with Gasteiger partial charge in [0.2, 0.25) is 0 Å². The number of rotatable bonds is 6. The summed E-state index contributed by atoms with van der Waals surface area (Å²) in [6.45, 7) is 0.921. The molecular weight excluding hydrogens is 268 g/mol. The van der Waals surface area contributed by atoms with Crippen LogP contribution in [0.1, 0.15) is 36.3 Å². The largest absolute Gasteiger partial charge is 0.314 e. The highest BCUT2D eigenvalue weighted by Crippen LogP contribution is 2.29. The minimum absolute atomic E-state index is 0.164. The Morgan fingerprint density at radius 2 is 1.33 bits per heavy atom. The Morgan fingerprint density at radius 1 is 0.857 bits per heavy atom. The first-order chi connectivity index (χ1) is 10.2. The third-order valence-corrected chi connectivity index (χ3v) is 3.99. The summed E-state index contributed by atoms with van der Waals surface area (Å²) in [5, 5.41) is 3.50. The molecule has 1 N–H and O–H groups in total. The molecule has 0 heterocycles. The number of hydrogen-bond acceptors (Lipinski definition) is 1. The second kappa shape index (κ2) is 6.35. The molecule has 0 unspecified atom stereocenters. The van der Waals surface area contributed by atoms with Crippen LogP contribution >= 0.6 is 0 Å². The summed E-state index contributed by atoms with van der Waals surface area (Å²) in [5.74, 6) is -0.294. The van der Waals surface area contributed by atoms with Crippen LogP contribution in [0.25, 0.3) is 0 Å². The van der Waals surface area contributed by atoms with Gasteiger partial charge in [-0.25, -0.2) is 8.78 Å². The van der Waals surface area contributed by atoms with Crippen molar-refractivity contribution in [1.29, 1.82) is 0 Å². The first-order valence-corrected chi connectivity index (χ1v) is 7.47. The Bertz CT molecular complexity index is 528. The molecule has 1 saturated carbocycles. The fourth-order valence-electron chi connectivity index (χ4n) is 2.64. The topological polar surface area (TPSA) is 12.0 Å². The van der Waals surface area contributed by atoms with Crippen LogP contribution in [-0.4, -0.2) is 12.6 Å². The van der Waals surface area contributed by atoms with Crippen LogP contribution in [0.15, 0.2) is 48.5 Å². The molecule has 1 aliphatic rings. The quantitative estimate of drug-likeness (QED) is 0.838. The van der Waals surface area contributed by atoms with E-state index in [9.17, 15) is 8.78 Å². The van der Waals surface area contributed by atoms with Crippen LogP contribution in [0.2, 0.25) is 0 Å². The minimum atomic E-state index is -0.229. The summed E-state index contributed by atoms with van der Waals surface area (Å²) in [4.78, 5) is 0. The zero-order chi connectivity index (χ0) is 14.7. The van der Waals surface area contributed by atoms with Crippen LogP contribution in [0.3, 0.4) is 0 Å². The highest BCUT2D eigenvalue weighted by atomic mass is 19.1. The van der Waals surface area contributed by atoms with E-state index in [1.807, 2.05) is 24.3 Å². The molecule has 3 rings (SSSR count). The van der Waals surface area contributed by atoms with E-state index in [0.717, 1.165) is 24.1 Å². The zero-order valence-corrected chi connectivity index (χ0v) is 11.9. The first-order valence-electron chi connectivity index (χ1n) is 7.47. The number of nitrogens with one attached hydrogen (secondary N) is 1. The van der Waals surface area contributed by atoms with Crippen molar-refractivity contribution in [2.45, 2.75) is 31.2 Å². The van der Waals surface area contributed by atoms with Crippen LogP contribution in [0.4, 0.5) is 8.78 Å². The van der Waals surface area contributed by atoms with Crippen molar-refractivity contribution in [3.63, 3.8) is 0 Å². The van der Waals surface area contributed by atoms with Gasteiger partial charge in [0.25, 0.3) is 0 Å². The van der Waals surface area contributed by atoms with Crippen molar-refractivity contribution >= 4 is 0 Å². The third kappa shape index (κ3) is 3.88. The first kappa shape index (κ1) is 14.2. The van der Waals surface area contributed by atoms with Gasteiger partial charge in [0.05, 0.1) is 0 Å². The van der Waals surface area contributed by atoms with Crippen LogP contribution in [0, 0.1) is 11.6 Å². The molecule has 0 radical (unpaired) electrons. The van der Waals surface area contributed by atoms with E-state index in [0.29, 0.717) is 6.04 Å². The molecule has 0 aromatic heterocycles. The fraction of sp³-hybridized carbons (Fsp3) is 0.333. The van der Waals surface area contributed by atoms with Crippen molar-refractivity contribution in [3.05, 3.63) is 71.3 Å².